The molecule has 2 aromatic rings. The number of hydrogen-bond acceptors (Lipinski definition) is 7. The highest BCUT2D eigenvalue weighted by atomic mass is 16.6. The third kappa shape index (κ3) is 4.18. The summed E-state index contributed by atoms with van der Waals surface area (Å²) in [6.07, 6.45) is -0.301. The molecule has 1 saturated heterocycles. The van der Waals surface area contributed by atoms with Gasteiger partial charge in [-0.3, -0.25) is 4.79 Å². The Balaban J connectivity index is 1.35. The van der Waals surface area contributed by atoms with Crippen molar-refractivity contribution in [2.45, 2.75) is 38.5 Å². The van der Waals surface area contributed by atoms with Gasteiger partial charge in [-0.2, -0.15) is 5.10 Å². The average molecular weight is 450 g/mol. The lowest BCUT2D eigenvalue weighted by molar-refractivity contribution is -0.122. The molecule has 172 valence electrons. The third-order valence-electron chi connectivity index (χ3n) is 5.67. The van der Waals surface area contributed by atoms with Crippen LogP contribution in [0.4, 0.5) is 16.2 Å². The highest BCUT2D eigenvalue weighted by Crippen LogP contribution is 2.41. The van der Waals surface area contributed by atoms with Crippen LogP contribution < -0.4 is 20.4 Å². The molecule has 9 heteroatoms. The molecule has 3 heterocycles. The second-order valence-corrected chi connectivity index (χ2v) is 9.39. The molecule has 1 atom stereocenters. The van der Waals surface area contributed by atoms with E-state index >= 15 is 0 Å². The fourth-order valence-electron chi connectivity index (χ4n) is 4.16. The molecule has 33 heavy (non-hydrogen) atoms. The molecule has 3 aliphatic rings. The topological polar surface area (TPSA) is 95.5 Å². The summed E-state index contributed by atoms with van der Waals surface area (Å²) in [7, 11) is 0. The Morgan fingerprint density at radius 2 is 1.94 bits per heavy atom. The number of likely N-dealkylation sites (tertiary alicyclic amines) is 1. The Hall–Kier alpha value is -3.75. The summed E-state index contributed by atoms with van der Waals surface area (Å²) >= 11 is 0. The number of anilines is 2. The standard InChI is InChI=1S/C24H27N5O4/c1-24(2,3)33-23(31)28-12-17(13-28)25-16-9-10-19-18(11-16)29-20(14-32-19)26-27-22(30)21(29)15-7-5-4-6-8-15/h4-11,17,21,25H,12-14H2,1-3H3,(H,27,30). The largest absolute Gasteiger partial charge is 0.483 e. The molecule has 9 nitrogen and oxygen atoms in total. The van der Waals surface area contributed by atoms with Crippen molar-refractivity contribution in [3.63, 3.8) is 0 Å². The number of hydrogen-bond donors (Lipinski definition) is 2. The van der Waals surface area contributed by atoms with Gasteiger partial charge in [-0.05, 0) is 44.5 Å². The molecule has 5 rings (SSSR count). The van der Waals surface area contributed by atoms with Crippen molar-refractivity contribution in [1.29, 1.82) is 0 Å². The molecular formula is C24H27N5O4. The van der Waals surface area contributed by atoms with E-state index in [1.165, 1.54) is 0 Å². The zero-order valence-electron chi connectivity index (χ0n) is 18.9. The number of fused-ring (bicyclic) bond motifs is 3. The first-order valence-electron chi connectivity index (χ1n) is 11.0. The number of ether oxygens (including phenoxy) is 2. The maximum Gasteiger partial charge on any atom is 0.410 e. The highest BCUT2D eigenvalue weighted by molar-refractivity contribution is 6.09. The van der Waals surface area contributed by atoms with Gasteiger partial charge >= 0.3 is 6.09 Å². The van der Waals surface area contributed by atoms with Crippen LogP contribution in [0.15, 0.2) is 53.6 Å². The van der Waals surface area contributed by atoms with Crippen LogP contribution in [-0.2, 0) is 9.53 Å². The summed E-state index contributed by atoms with van der Waals surface area (Å²) < 4.78 is 11.3. The zero-order chi connectivity index (χ0) is 23.2. The first-order chi connectivity index (χ1) is 15.8. The van der Waals surface area contributed by atoms with Crippen LogP contribution in [0.3, 0.4) is 0 Å². The molecule has 2 aromatic carbocycles. The van der Waals surface area contributed by atoms with E-state index in [0.29, 0.717) is 24.7 Å². The van der Waals surface area contributed by atoms with Gasteiger partial charge in [-0.1, -0.05) is 30.3 Å². The molecule has 0 radical (unpaired) electrons. The summed E-state index contributed by atoms with van der Waals surface area (Å²) in [5.41, 5.74) is 4.64. The number of nitrogens with one attached hydrogen (secondary N) is 2. The lowest BCUT2D eigenvalue weighted by Gasteiger charge is -2.41. The smallest absolute Gasteiger partial charge is 0.410 e. The quantitative estimate of drug-likeness (QED) is 0.748. The lowest BCUT2D eigenvalue weighted by atomic mass is 10.0. The normalized spacial score (nSPS) is 19.9. The van der Waals surface area contributed by atoms with E-state index in [-0.39, 0.29) is 24.6 Å². The minimum Gasteiger partial charge on any atom is -0.483 e. The summed E-state index contributed by atoms with van der Waals surface area (Å²) in [6.45, 7) is 6.98. The van der Waals surface area contributed by atoms with E-state index in [1.54, 1.807) is 4.90 Å². The van der Waals surface area contributed by atoms with E-state index in [0.717, 1.165) is 16.9 Å². The first-order valence-corrected chi connectivity index (χ1v) is 11.0. The number of hydrazone groups is 1. The van der Waals surface area contributed by atoms with Gasteiger partial charge in [0.2, 0.25) is 0 Å². The van der Waals surface area contributed by atoms with E-state index < -0.39 is 11.6 Å². The van der Waals surface area contributed by atoms with Gasteiger partial charge in [0.25, 0.3) is 5.91 Å². The van der Waals surface area contributed by atoms with Crippen LogP contribution in [0.1, 0.15) is 32.4 Å². The SMILES string of the molecule is CC(C)(C)OC(=O)N1CC(Nc2ccc3c(c2)N2C(=NNC(=O)C2c2ccccc2)CO3)C1. The van der Waals surface area contributed by atoms with Gasteiger partial charge < -0.3 is 24.6 Å². The highest BCUT2D eigenvalue weighted by Gasteiger charge is 2.39. The van der Waals surface area contributed by atoms with Gasteiger partial charge in [0.05, 0.1) is 11.7 Å². The van der Waals surface area contributed by atoms with Gasteiger partial charge in [-0.25, -0.2) is 10.2 Å². The Labute approximate surface area is 192 Å². The zero-order valence-corrected chi connectivity index (χ0v) is 18.9. The van der Waals surface area contributed by atoms with Crippen LogP contribution in [0.25, 0.3) is 0 Å². The van der Waals surface area contributed by atoms with Gasteiger partial charge in [0.1, 0.15) is 24.0 Å². The molecule has 1 fully saturated rings. The summed E-state index contributed by atoms with van der Waals surface area (Å²) in [5, 5.41) is 7.69. The maximum absolute atomic E-state index is 12.8. The molecule has 3 aliphatic heterocycles. The summed E-state index contributed by atoms with van der Waals surface area (Å²) in [6, 6.07) is 15.0. The fraction of sp³-hybridized carbons (Fsp3) is 0.375. The van der Waals surface area contributed by atoms with Gasteiger partial charge in [0.15, 0.2) is 5.84 Å². The molecule has 0 spiro atoms. The van der Waals surface area contributed by atoms with Crippen molar-refractivity contribution in [1.82, 2.24) is 10.3 Å². The van der Waals surface area contributed by atoms with Crippen LogP contribution >= 0.6 is 0 Å². The number of carbonyl (C=O) groups excluding carboxylic acids is 2. The van der Waals surface area contributed by atoms with Crippen LogP contribution in [0.5, 0.6) is 5.75 Å². The van der Waals surface area contributed by atoms with Crippen molar-refractivity contribution in [2.75, 3.05) is 29.9 Å². The Morgan fingerprint density at radius 1 is 1.18 bits per heavy atom. The Morgan fingerprint density at radius 3 is 2.67 bits per heavy atom. The summed E-state index contributed by atoms with van der Waals surface area (Å²) in [4.78, 5) is 28.6. The van der Waals surface area contributed by atoms with E-state index in [9.17, 15) is 9.59 Å². The van der Waals surface area contributed by atoms with Gasteiger partial charge in [0, 0.05) is 18.8 Å². The summed E-state index contributed by atoms with van der Waals surface area (Å²) in [5.74, 6) is 1.15. The van der Waals surface area contributed by atoms with Crippen LogP contribution in [0.2, 0.25) is 0 Å². The van der Waals surface area contributed by atoms with E-state index in [2.05, 4.69) is 15.8 Å². The minimum absolute atomic E-state index is 0.114. The van der Waals surface area contributed by atoms with Crippen molar-refractivity contribution < 1.29 is 19.1 Å². The predicted octanol–water partition coefficient (Wildman–Crippen LogP) is 3.10. The van der Waals surface area contributed by atoms with E-state index in [4.69, 9.17) is 9.47 Å². The van der Waals surface area contributed by atoms with E-state index in [1.807, 2.05) is 74.2 Å². The van der Waals surface area contributed by atoms with Gasteiger partial charge in [-0.15, -0.1) is 0 Å². The van der Waals surface area contributed by atoms with Crippen LogP contribution in [-0.4, -0.2) is 54.1 Å². The minimum atomic E-state index is -0.539. The Bertz CT molecular complexity index is 1110. The molecule has 0 saturated carbocycles. The number of nitrogens with zero attached hydrogens (tertiary/aromatic N) is 3. The monoisotopic (exact) mass is 449 g/mol. The van der Waals surface area contributed by atoms with Crippen molar-refractivity contribution in [3.8, 4) is 5.75 Å². The maximum atomic E-state index is 12.8. The van der Waals surface area contributed by atoms with Crippen LogP contribution in [0, 0.1) is 0 Å². The molecule has 0 bridgehead atoms. The number of amidine groups is 1. The molecule has 0 aromatic heterocycles. The Kier molecular flexibility index (Phi) is 5.11. The number of rotatable bonds is 3. The first kappa shape index (κ1) is 21.1. The van der Waals surface area contributed by atoms with Crippen molar-refractivity contribution in [3.05, 3.63) is 54.1 Å². The molecule has 2 N–H and O–H groups in total. The fourth-order valence-corrected chi connectivity index (χ4v) is 4.16. The molecule has 1 unspecified atom stereocenters. The van der Waals surface area contributed by atoms with Crippen molar-refractivity contribution >= 4 is 29.2 Å². The predicted molar refractivity (Wildman–Crippen MR) is 124 cm³/mol. The number of carbonyl (C=O) groups is 2. The average Bonchev–Trinajstić information content (AvgIpc) is 2.75. The number of benzene rings is 2. The molecule has 2 amide bonds. The lowest BCUT2D eigenvalue weighted by Crippen LogP contribution is -2.58. The third-order valence-corrected chi connectivity index (χ3v) is 5.67. The second kappa shape index (κ2) is 7.99. The number of amides is 2. The second-order valence-electron chi connectivity index (χ2n) is 9.39. The molecular weight excluding hydrogens is 422 g/mol. The molecule has 0 aliphatic carbocycles. The van der Waals surface area contributed by atoms with Crippen molar-refractivity contribution in [2.24, 2.45) is 5.10 Å².